The Labute approximate surface area is 87.5 Å². The van der Waals surface area contributed by atoms with E-state index in [0.717, 1.165) is 17.8 Å². The van der Waals surface area contributed by atoms with Crippen LogP contribution >= 0.6 is 0 Å². The van der Waals surface area contributed by atoms with Crippen LogP contribution in [0.15, 0.2) is 18.2 Å². The quantitative estimate of drug-likeness (QED) is 0.639. The molecule has 78 valence electrons. The molecule has 0 aliphatic carbocycles. The van der Waals surface area contributed by atoms with Gasteiger partial charge in [0.05, 0.1) is 0 Å². The maximum Gasteiger partial charge on any atom is 0.181 e. The minimum absolute atomic E-state index is 0.618. The van der Waals surface area contributed by atoms with Gasteiger partial charge in [0.2, 0.25) is 0 Å². The number of aromatic nitrogens is 3. The molecule has 0 saturated carbocycles. The molecule has 15 heavy (non-hydrogen) atoms. The van der Waals surface area contributed by atoms with Gasteiger partial charge in [-0.25, -0.2) is 4.98 Å². The van der Waals surface area contributed by atoms with E-state index in [1.54, 1.807) is 18.2 Å². The van der Waals surface area contributed by atoms with Gasteiger partial charge in [-0.05, 0) is 18.2 Å². The monoisotopic (exact) mass is 203 g/mol. The molecule has 0 bridgehead atoms. The van der Waals surface area contributed by atoms with Crippen molar-refractivity contribution in [3.63, 3.8) is 0 Å². The van der Waals surface area contributed by atoms with Crippen molar-refractivity contribution in [2.75, 3.05) is 11.5 Å². The van der Waals surface area contributed by atoms with Crippen LogP contribution in [0.2, 0.25) is 0 Å². The van der Waals surface area contributed by atoms with E-state index < -0.39 is 0 Å². The molecule has 0 unspecified atom stereocenters. The fraction of sp³-hybridized carbons (Fsp3) is 0.200. The molecule has 2 rings (SSSR count). The molecule has 0 spiro atoms. The molecule has 0 atom stereocenters. The Morgan fingerprint density at radius 3 is 2.40 bits per heavy atom. The van der Waals surface area contributed by atoms with E-state index in [2.05, 4.69) is 15.2 Å². The summed E-state index contributed by atoms with van der Waals surface area (Å²) in [5.74, 6) is 1.48. The average Bonchev–Trinajstić information content (AvgIpc) is 2.64. The highest BCUT2D eigenvalue weighted by atomic mass is 15.2. The number of nitrogens with two attached hydrogens (primary N) is 2. The molecular weight excluding hydrogens is 190 g/mol. The largest absolute Gasteiger partial charge is 0.399 e. The fourth-order valence-electron chi connectivity index (χ4n) is 1.39. The van der Waals surface area contributed by atoms with Crippen LogP contribution in [0.5, 0.6) is 0 Å². The van der Waals surface area contributed by atoms with Crippen molar-refractivity contribution in [3.05, 3.63) is 24.0 Å². The van der Waals surface area contributed by atoms with Crippen LogP contribution < -0.4 is 11.5 Å². The van der Waals surface area contributed by atoms with Gasteiger partial charge in [0.15, 0.2) is 5.82 Å². The number of nitrogen functional groups attached to an aromatic ring is 2. The normalized spacial score (nSPS) is 10.5. The molecule has 0 aliphatic rings. The smallest absolute Gasteiger partial charge is 0.181 e. The summed E-state index contributed by atoms with van der Waals surface area (Å²) in [6.45, 7) is 2.01. The summed E-state index contributed by atoms with van der Waals surface area (Å²) in [6.07, 6.45) is 0.824. The molecule has 0 amide bonds. The average molecular weight is 203 g/mol. The Kier molecular flexibility index (Phi) is 2.29. The third-order valence-corrected chi connectivity index (χ3v) is 2.10. The van der Waals surface area contributed by atoms with Crippen molar-refractivity contribution in [3.8, 4) is 11.4 Å². The zero-order valence-electron chi connectivity index (χ0n) is 8.49. The van der Waals surface area contributed by atoms with Gasteiger partial charge in [-0.15, -0.1) is 0 Å². The molecule has 5 N–H and O–H groups in total. The summed E-state index contributed by atoms with van der Waals surface area (Å²) in [4.78, 5) is 4.30. The van der Waals surface area contributed by atoms with Crippen molar-refractivity contribution in [1.82, 2.24) is 15.2 Å². The first kappa shape index (κ1) is 9.51. The number of rotatable bonds is 2. The predicted molar refractivity (Wildman–Crippen MR) is 60.0 cm³/mol. The second-order valence-corrected chi connectivity index (χ2v) is 3.35. The van der Waals surface area contributed by atoms with E-state index in [4.69, 9.17) is 11.5 Å². The second-order valence-electron chi connectivity index (χ2n) is 3.35. The molecule has 1 aromatic carbocycles. The maximum absolute atomic E-state index is 5.69. The van der Waals surface area contributed by atoms with Crippen molar-refractivity contribution < 1.29 is 0 Å². The number of hydrogen-bond donors (Lipinski definition) is 3. The van der Waals surface area contributed by atoms with Crippen LogP contribution in [0.25, 0.3) is 11.4 Å². The van der Waals surface area contributed by atoms with E-state index in [0.29, 0.717) is 17.2 Å². The molecule has 2 aromatic rings. The fourth-order valence-corrected chi connectivity index (χ4v) is 1.39. The molecule has 5 heteroatoms. The SMILES string of the molecule is CCc1nc(-c2cc(N)cc(N)c2)n[nH]1. The zero-order chi connectivity index (χ0) is 10.8. The lowest BCUT2D eigenvalue weighted by Gasteiger charge is -2.00. The topological polar surface area (TPSA) is 93.6 Å². The Morgan fingerprint density at radius 2 is 1.87 bits per heavy atom. The number of nitrogens with zero attached hydrogens (tertiary/aromatic N) is 2. The number of H-pyrrole nitrogens is 1. The van der Waals surface area contributed by atoms with Gasteiger partial charge >= 0.3 is 0 Å². The van der Waals surface area contributed by atoms with Gasteiger partial charge in [-0.2, -0.15) is 5.10 Å². The Hall–Kier alpha value is -2.04. The number of benzene rings is 1. The van der Waals surface area contributed by atoms with Crippen molar-refractivity contribution in [2.45, 2.75) is 13.3 Å². The van der Waals surface area contributed by atoms with Gasteiger partial charge in [-0.1, -0.05) is 6.92 Å². The van der Waals surface area contributed by atoms with Gasteiger partial charge < -0.3 is 11.5 Å². The zero-order valence-corrected chi connectivity index (χ0v) is 8.49. The van der Waals surface area contributed by atoms with E-state index in [-0.39, 0.29) is 0 Å². The van der Waals surface area contributed by atoms with Gasteiger partial charge in [-0.3, -0.25) is 5.10 Å². The summed E-state index contributed by atoms with van der Waals surface area (Å²) >= 11 is 0. The molecule has 0 saturated heterocycles. The Morgan fingerprint density at radius 1 is 1.20 bits per heavy atom. The molecule has 0 radical (unpaired) electrons. The first-order valence-electron chi connectivity index (χ1n) is 4.76. The highest BCUT2D eigenvalue weighted by Crippen LogP contribution is 2.21. The van der Waals surface area contributed by atoms with Gasteiger partial charge in [0.1, 0.15) is 5.82 Å². The first-order valence-corrected chi connectivity index (χ1v) is 4.76. The van der Waals surface area contributed by atoms with Crippen LogP contribution in [-0.4, -0.2) is 15.2 Å². The number of aryl methyl sites for hydroxylation is 1. The molecule has 0 aliphatic heterocycles. The minimum Gasteiger partial charge on any atom is -0.399 e. The number of aromatic amines is 1. The van der Waals surface area contributed by atoms with Crippen molar-refractivity contribution in [1.29, 1.82) is 0 Å². The van der Waals surface area contributed by atoms with E-state index in [1.807, 2.05) is 6.92 Å². The van der Waals surface area contributed by atoms with E-state index >= 15 is 0 Å². The highest BCUT2D eigenvalue weighted by Gasteiger charge is 2.05. The van der Waals surface area contributed by atoms with Crippen LogP contribution in [0.1, 0.15) is 12.7 Å². The van der Waals surface area contributed by atoms with Crippen LogP contribution in [0.4, 0.5) is 11.4 Å². The number of hydrogen-bond acceptors (Lipinski definition) is 4. The first-order chi connectivity index (χ1) is 7.19. The Bertz CT molecular complexity index is 454. The third kappa shape index (κ3) is 1.90. The summed E-state index contributed by atoms with van der Waals surface area (Å²) in [6, 6.07) is 5.31. The molecular formula is C10H13N5. The Balaban J connectivity index is 2.44. The standard InChI is InChI=1S/C10H13N5/c1-2-9-13-10(15-14-9)6-3-7(11)5-8(12)4-6/h3-5H,2,11-12H2,1H3,(H,13,14,15). The third-order valence-electron chi connectivity index (χ3n) is 2.10. The van der Waals surface area contributed by atoms with Gasteiger partial charge in [0.25, 0.3) is 0 Å². The summed E-state index contributed by atoms with van der Waals surface area (Å²) in [5.41, 5.74) is 13.5. The summed E-state index contributed by atoms with van der Waals surface area (Å²) < 4.78 is 0. The lowest BCUT2D eigenvalue weighted by molar-refractivity contribution is 0.946. The highest BCUT2D eigenvalue weighted by molar-refractivity contribution is 5.67. The number of nitrogens with one attached hydrogen (secondary N) is 1. The van der Waals surface area contributed by atoms with Gasteiger partial charge in [0, 0.05) is 23.4 Å². The van der Waals surface area contributed by atoms with Crippen molar-refractivity contribution >= 4 is 11.4 Å². The second kappa shape index (κ2) is 3.61. The number of anilines is 2. The molecule has 0 fully saturated rings. The van der Waals surface area contributed by atoms with Crippen LogP contribution in [-0.2, 0) is 6.42 Å². The van der Waals surface area contributed by atoms with Crippen molar-refractivity contribution in [2.24, 2.45) is 0 Å². The maximum atomic E-state index is 5.69. The van der Waals surface area contributed by atoms with Crippen LogP contribution in [0, 0.1) is 0 Å². The molecule has 1 aromatic heterocycles. The van der Waals surface area contributed by atoms with Crippen LogP contribution in [0.3, 0.4) is 0 Å². The van der Waals surface area contributed by atoms with E-state index in [9.17, 15) is 0 Å². The lowest BCUT2D eigenvalue weighted by atomic mass is 10.1. The van der Waals surface area contributed by atoms with E-state index in [1.165, 1.54) is 0 Å². The molecule has 1 heterocycles. The summed E-state index contributed by atoms with van der Waals surface area (Å²) in [7, 11) is 0. The lowest BCUT2D eigenvalue weighted by Crippen LogP contribution is -1.92. The predicted octanol–water partition coefficient (Wildman–Crippen LogP) is 1.20. The minimum atomic E-state index is 0.618. The summed E-state index contributed by atoms with van der Waals surface area (Å²) in [5, 5.41) is 6.94. The molecule has 5 nitrogen and oxygen atoms in total.